The van der Waals surface area contributed by atoms with Crippen molar-refractivity contribution in [3.8, 4) is 135 Å². The van der Waals surface area contributed by atoms with Gasteiger partial charge in [-0.05, 0) is 81.9 Å². The zero-order valence-corrected chi connectivity index (χ0v) is 67.7. The highest BCUT2D eigenvalue weighted by Gasteiger charge is 2.24. The maximum Gasteiger partial charge on any atom is 0.160 e. The lowest BCUT2D eigenvalue weighted by atomic mass is 9.96. The molecule has 0 unspecified atom stereocenters. The quantitative estimate of drug-likeness (QED) is 0.121. The summed E-state index contributed by atoms with van der Waals surface area (Å²) >= 11 is 7.30. The molecule has 0 aliphatic rings. The Labute approximate surface area is 707 Å². The third-order valence-electron chi connectivity index (χ3n) is 23.0. The first-order chi connectivity index (χ1) is 59.5. The Balaban J connectivity index is 0.000000140. The molecule has 16 aromatic carbocycles. The fraction of sp³-hybridized carbons (Fsp3) is 0. The molecule has 0 bridgehead atoms. The molecule has 120 heavy (non-hydrogen) atoms. The highest BCUT2D eigenvalue weighted by Crippen LogP contribution is 2.49. The van der Waals surface area contributed by atoms with Crippen LogP contribution in [0.4, 0.5) is 0 Å². The van der Waals surface area contributed by atoms with Crippen molar-refractivity contribution in [2.24, 2.45) is 0 Å². The van der Waals surface area contributed by atoms with Gasteiger partial charge in [-0.1, -0.05) is 352 Å². The molecular weight excluding hydrogens is 1530 g/mol. The number of hydrogen-bond acceptors (Lipinski definition) is 10. The minimum Gasteiger partial charge on any atom is -0.246 e. The number of para-hydroxylation sites is 2. The number of nitrogens with zero attached hydrogens (tertiary/aromatic N) is 6. The molecule has 0 saturated carbocycles. The first kappa shape index (κ1) is 70.8. The maximum absolute atomic E-state index is 5.62. The van der Waals surface area contributed by atoms with Gasteiger partial charge in [-0.25, -0.2) is 29.9 Å². The van der Waals surface area contributed by atoms with Crippen LogP contribution in [0.3, 0.4) is 0 Å². The molecule has 560 valence electrons. The molecule has 24 rings (SSSR count). The van der Waals surface area contributed by atoms with E-state index in [4.69, 9.17) is 29.9 Å². The molecule has 0 fully saturated rings. The van der Waals surface area contributed by atoms with E-state index < -0.39 is 0 Å². The van der Waals surface area contributed by atoms with Gasteiger partial charge in [0, 0.05) is 138 Å². The second-order valence-electron chi connectivity index (χ2n) is 30.2. The van der Waals surface area contributed by atoms with Crippen molar-refractivity contribution >= 4 is 148 Å². The number of fused-ring (bicyclic) bond motifs is 16. The van der Waals surface area contributed by atoms with Gasteiger partial charge in [0.15, 0.2) is 11.6 Å². The summed E-state index contributed by atoms with van der Waals surface area (Å²) in [5, 5.41) is 12.5. The summed E-state index contributed by atoms with van der Waals surface area (Å²) in [4.78, 5) is 32.2. The van der Waals surface area contributed by atoms with Gasteiger partial charge in [0.2, 0.25) is 0 Å². The van der Waals surface area contributed by atoms with Crippen LogP contribution in [0.2, 0.25) is 0 Å². The van der Waals surface area contributed by atoms with Crippen LogP contribution in [0.5, 0.6) is 0 Å². The van der Waals surface area contributed by atoms with E-state index in [-0.39, 0.29) is 0 Å². The topological polar surface area (TPSA) is 77.3 Å². The lowest BCUT2D eigenvalue weighted by molar-refractivity contribution is 1.18. The van der Waals surface area contributed by atoms with Crippen LogP contribution in [0.25, 0.3) is 237 Å². The Hall–Kier alpha value is -14.6. The lowest BCUT2D eigenvalue weighted by Gasteiger charge is -2.13. The normalized spacial score (nSPS) is 11.7. The number of rotatable bonds is 12. The van der Waals surface area contributed by atoms with Crippen molar-refractivity contribution in [2.75, 3.05) is 0 Å². The second kappa shape index (κ2) is 29.8. The molecule has 0 radical (unpaired) electrons. The average Bonchev–Trinajstić information content (AvgIpc) is 1.55. The van der Waals surface area contributed by atoms with Gasteiger partial charge in [0.05, 0.1) is 54.6 Å². The van der Waals surface area contributed by atoms with Crippen LogP contribution in [0.15, 0.2) is 400 Å². The Kier molecular flexibility index (Phi) is 17.6. The summed E-state index contributed by atoms with van der Waals surface area (Å²) in [5.74, 6) is 1.36. The summed E-state index contributed by atoms with van der Waals surface area (Å²) in [5.41, 5.74) is 25.1. The number of hydrogen-bond donors (Lipinski definition) is 0. The van der Waals surface area contributed by atoms with E-state index in [9.17, 15) is 0 Å². The first-order valence-electron chi connectivity index (χ1n) is 40.2. The van der Waals surface area contributed by atoms with Gasteiger partial charge in [-0.2, -0.15) is 0 Å². The van der Waals surface area contributed by atoms with Crippen molar-refractivity contribution in [1.82, 2.24) is 29.9 Å². The lowest BCUT2D eigenvalue weighted by Crippen LogP contribution is -1.96. The third kappa shape index (κ3) is 12.6. The maximum atomic E-state index is 5.62. The summed E-state index contributed by atoms with van der Waals surface area (Å²) in [6.07, 6.45) is 0. The molecule has 0 aliphatic heterocycles. The molecule has 8 aromatic heterocycles. The van der Waals surface area contributed by atoms with Crippen LogP contribution in [-0.2, 0) is 0 Å². The standard InChI is InChI=1S/2C55H33N3S2/c1-3-14-34(15-4-1)35-28-30-36(31-29-35)40-22-12-25-45-50-44-21-8-10-27-49(44)60-54(50)51(58-52(40)45)38-18-11-19-39(32-38)55-56-46(37-16-5-2-6-17-37)33-47(57-55)43-24-13-23-42-41-20-7-9-26-48(41)59-53(42)43;1-3-14-34(15-4-1)40-22-12-25-45-50-44-21-8-10-27-49(44)60-54(50)51(58-52(40)45)36-28-30-37(31-29-36)55-56-46(35-16-5-2-6-17-35)33-47(57-55)39-19-11-18-38(32-39)41-23-13-24-43-42-20-7-9-26-48(42)59-53(41)43/h2*1-33H. The molecule has 24 aromatic rings. The number of aromatic nitrogens is 6. The van der Waals surface area contributed by atoms with Crippen molar-refractivity contribution in [1.29, 1.82) is 0 Å². The van der Waals surface area contributed by atoms with Gasteiger partial charge in [0.1, 0.15) is 0 Å². The minimum absolute atomic E-state index is 0.680. The number of benzene rings is 16. The Morgan fingerprint density at radius 1 is 0.158 bits per heavy atom. The SMILES string of the molecule is c1ccc(-c2cc(-c3cccc(-c4cccc5c4sc4ccccc45)c3)nc(-c3ccc(-c4nc5c(-c6ccccc6)cccc5c5c4sc4ccccc45)cc3)n2)cc1.c1ccc(-c2ccc(-c3cccc4c3nc(-c3cccc(-c5nc(-c6ccccc6)cc(-c6cccc7c6sc6ccccc67)n5)c3)c3sc5ccccc5c34)cc2)cc1. The van der Waals surface area contributed by atoms with E-state index in [2.05, 4.69) is 388 Å². The van der Waals surface area contributed by atoms with E-state index in [0.717, 1.165) is 117 Å². The molecule has 8 heterocycles. The summed E-state index contributed by atoms with van der Waals surface area (Å²) in [7, 11) is 0. The predicted molar refractivity (Wildman–Crippen MR) is 511 cm³/mol. The summed E-state index contributed by atoms with van der Waals surface area (Å²) in [6.45, 7) is 0. The van der Waals surface area contributed by atoms with E-state index in [1.807, 2.05) is 57.5 Å². The predicted octanol–water partition coefficient (Wildman–Crippen LogP) is 31.5. The van der Waals surface area contributed by atoms with Gasteiger partial charge >= 0.3 is 0 Å². The van der Waals surface area contributed by atoms with E-state index in [0.29, 0.717) is 11.6 Å². The van der Waals surface area contributed by atoms with E-state index >= 15 is 0 Å². The molecule has 0 aliphatic carbocycles. The Morgan fingerprint density at radius 2 is 0.475 bits per heavy atom. The first-order valence-corrected chi connectivity index (χ1v) is 43.5. The number of thiophene rings is 4. The molecule has 6 nitrogen and oxygen atoms in total. The summed E-state index contributed by atoms with van der Waals surface area (Å²) in [6, 6.07) is 142. The van der Waals surface area contributed by atoms with Crippen molar-refractivity contribution in [3.05, 3.63) is 400 Å². The zero-order chi connectivity index (χ0) is 79.1. The molecule has 10 heteroatoms. The van der Waals surface area contributed by atoms with Crippen molar-refractivity contribution in [3.63, 3.8) is 0 Å². The smallest absolute Gasteiger partial charge is 0.160 e. The van der Waals surface area contributed by atoms with Gasteiger partial charge in [-0.3, -0.25) is 0 Å². The molecule has 0 amide bonds. The van der Waals surface area contributed by atoms with Crippen LogP contribution < -0.4 is 0 Å². The highest BCUT2D eigenvalue weighted by atomic mass is 32.1. The van der Waals surface area contributed by atoms with E-state index in [1.165, 1.54) is 108 Å². The molecule has 0 spiro atoms. The monoisotopic (exact) mass is 1600 g/mol. The molecular formula is C110H66N6S4. The molecule has 0 N–H and O–H groups in total. The molecule has 0 saturated heterocycles. The van der Waals surface area contributed by atoms with E-state index in [1.54, 1.807) is 0 Å². The Bertz CT molecular complexity index is 8140. The van der Waals surface area contributed by atoms with Gasteiger partial charge in [0.25, 0.3) is 0 Å². The van der Waals surface area contributed by atoms with Crippen LogP contribution in [-0.4, -0.2) is 29.9 Å². The fourth-order valence-corrected chi connectivity index (χ4v) is 22.2. The van der Waals surface area contributed by atoms with Crippen LogP contribution >= 0.6 is 45.3 Å². The Morgan fingerprint density at radius 3 is 1.02 bits per heavy atom. The van der Waals surface area contributed by atoms with Crippen molar-refractivity contribution < 1.29 is 0 Å². The van der Waals surface area contributed by atoms with Gasteiger partial charge in [-0.15, -0.1) is 45.3 Å². The fourth-order valence-electron chi connectivity index (χ4n) is 17.3. The third-order valence-corrected chi connectivity index (χ3v) is 27.8. The summed E-state index contributed by atoms with van der Waals surface area (Å²) < 4.78 is 9.97. The minimum atomic E-state index is 0.680. The molecule has 0 atom stereocenters. The zero-order valence-electron chi connectivity index (χ0n) is 64.4. The average molecular weight is 1600 g/mol. The van der Waals surface area contributed by atoms with Crippen LogP contribution in [0, 0.1) is 0 Å². The van der Waals surface area contributed by atoms with Crippen LogP contribution in [0.1, 0.15) is 0 Å². The number of pyridine rings is 2. The second-order valence-corrected chi connectivity index (χ2v) is 34.4. The largest absolute Gasteiger partial charge is 0.246 e. The highest BCUT2D eigenvalue weighted by molar-refractivity contribution is 7.27. The van der Waals surface area contributed by atoms with Gasteiger partial charge < -0.3 is 0 Å². The van der Waals surface area contributed by atoms with Crippen molar-refractivity contribution in [2.45, 2.75) is 0 Å².